The standard InChI is InChI=1S/C34H25NO2/c1-34(2)28-12-6-3-9-22(28)25-18-26-23-10-4-7-13-30(23)35(31(26)19-29(25)34)20-15-16-21-24-11-5-8-14-32(24)37-33(36)27(21)17-20/h3-12,14-19,30H,13H2,1-2H3. The molecule has 0 radical (unpaired) electrons. The maximum Gasteiger partial charge on any atom is 0.344 e. The minimum atomic E-state index is -0.292. The number of para-hydroxylation sites is 1. The van der Waals surface area contributed by atoms with E-state index in [-0.39, 0.29) is 17.1 Å². The van der Waals surface area contributed by atoms with Crippen LogP contribution in [0.25, 0.3) is 38.4 Å². The number of hydrogen-bond acceptors (Lipinski definition) is 3. The van der Waals surface area contributed by atoms with E-state index in [1.165, 1.54) is 39.1 Å². The Kier molecular flexibility index (Phi) is 3.99. The summed E-state index contributed by atoms with van der Waals surface area (Å²) < 4.78 is 5.70. The number of allylic oxidation sites excluding steroid dienone is 2. The summed E-state index contributed by atoms with van der Waals surface area (Å²) >= 11 is 0. The zero-order valence-electron chi connectivity index (χ0n) is 20.8. The lowest BCUT2D eigenvalue weighted by Gasteiger charge is -2.29. The average Bonchev–Trinajstić information content (AvgIpc) is 3.36. The molecule has 1 unspecified atom stereocenters. The second kappa shape index (κ2) is 7.10. The number of nitrogens with zero attached hydrogens (tertiary/aromatic N) is 1. The van der Waals surface area contributed by atoms with Crippen LogP contribution in [0.4, 0.5) is 11.4 Å². The minimum Gasteiger partial charge on any atom is -0.422 e. The molecule has 4 aromatic carbocycles. The Morgan fingerprint density at radius 2 is 1.65 bits per heavy atom. The normalized spacial score (nSPS) is 18.5. The molecule has 0 saturated carbocycles. The zero-order valence-corrected chi connectivity index (χ0v) is 20.8. The SMILES string of the molecule is CC1(C)c2ccccc2-c2cc3c(cc21)N(c1ccc2c(c1)c(=O)oc1ccccc12)C1CC=CC=C31. The van der Waals surface area contributed by atoms with Crippen LogP contribution in [0.3, 0.4) is 0 Å². The molecule has 3 aliphatic rings. The number of fused-ring (bicyclic) bond motifs is 9. The smallest absolute Gasteiger partial charge is 0.344 e. The van der Waals surface area contributed by atoms with Crippen LogP contribution in [0.5, 0.6) is 0 Å². The molecule has 3 nitrogen and oxygen atoms in total. The van der Waals surface area contributed by atoms with E-state index < -0.39 is 0 Å². The van der Waals surface area contributed by atoms with Crippen molar-refractivity contribution in [2.45, 2.75) is 31.7 Å². The van der Waals surface area contributed by atoms with Gasteiger partial charge in [-0.1, -0.05) is 80.6 Å². The molecule has 3 heteroatoms. The summed E-state index contributed by atoms with van der Waals surface area (Å²) in [5, 5.41) is 2.51. The van der Waals surface area contributed by atoms with Gasteiger partial charge in [0.15, 0.2) is 0 Å². The van der Waals surface area contributed by atoms with Crippen LogP contribution in [-0.4, -0.2) is 6.04 Å². The van der Waals surface area contributed by atoms with Crippen LogP contribution in [0.15, 0.2) is 106 Å². The molecule has 1 aromatic heterocycles. The van der Waals surface area contributed by atoms with Crippen LogP contribution in [0.1, 0.15) is 37.0 Å². The number of benzene rings is 4. The molecule has 2 aliphatic carbocycles. The molecule has 0 fully saturated rings. The number of hydrogen-bond donors (Lipinski definition) is 0. The third-order valence-electron chi connectivity index (χ3n) is 8.59. The van der Waals surface area contributed by atoms with Crippen LogP contribution in [0.2, 0.25) is 0 Å². The fraction of sp³-hybridized carbons (Fsp3) is 0.147. The maximum absolute atomic E-state index is 13.0. The Hall–Kier alpha value is -4.37. The van der Waals surface area contributed by atoms with E-state index in [0.717, 1.165) is 22.9 Å². The van der Waals surface area contributed by atoms with Crippen molar-refractivity contribution in [3.05, 3.63) is 124 Å². The molecule has 0 N–H and O–H groups in total. The van der Waals surface area contributed by atoms with Crippen LogP contribution in [0, 0.1) is 0 Å². The van der Waals surface area contributed by atoms with Gasteiger partial charge in [0.05, 0.1) is 11.4 Å². The Balaban J connectivity index is 1.38. The van der Waals surface area contributed by atoms with Gasteiger partial charge in [-0.2, -0.15) is 0 Å². The second-order valence-electron chi connectivity index (χ2n) is 10.9. The maximum atomic E-state index is 13.0. The Morgan fingerprint density at radius 1 is 0.811 bits per heavy atom. The fourth-order valence-electron chi connectivity index (χ4n) is 6.80. The van der Waals surface area contributed by atoms with E-state index in [1.54, 1.807) is 0 Å². The van der Waals surface area contributed by atoms with Crippen molar-refractivity contribution in [2.75, 3.05) is 4.90 Å². The summed E-state index contributed by atoms with van der Waals surface area (Å²) in [4.78, 5) is 15.5. The molecule has 178 valence electrons. The predicted molar refractivity (Wildman–Crippen MR) is 152 cm³/mol. The van der Waals surface area contributed by atoms with Gasteiger partial charge in [-0.25, -0.2) is 4.79 Å². The summed E-state index contributed by atoms with van der Waals surface area (Å²) in [7, 11) is 0. The van der Waals surface area contributed by atoms with Crippen LogP contribution >= 0.6 is 0 Å². The molecule has 0 amide bonds. The summed E-state index contributed by atoms with van der Waals surface area (Å²) in [6, 6.07) is 27.8. The van der Waals surface area contributed by atoms with Gasteiger partial charge in [0.25, 0.3) is 0 Å². The molecule has 37 heavy (non-hydrogen) atoms. The lowest BCUT2D eigenvalue weighted by atomic mass is 9.82. The minimum absolute atomic E-state index is 0.0730. The number of anilines is 2. The molecular formula is C34H25NO2. The van der Waals surface area contributed by atoms with Crippen molar-refractivity contribution in [1.29, 1.82) is 0 Å². The van der Waals surface area contributed by atoms with E-state index in [1.807, 2.05) is 30.3 Å². The average molecular weight is 480 g/mol. The highest BCUT2D eigenvalue weighted by atomic mass is 16.4. The molecule has 2 heterocycles. The fourth-order valence-corrected chi connectivity index (χ4v) is 6.80. The lowest BCUT2D eigenvalue weighted by molar-refractivity contribution is 0.569. The van der Waals surface area contributed by atoms with Gasteiger partial charge in [0.1, 0.15) is 5.58 Å². The van der Waals surface area contributed by atoms with Crippen molar-refractivity contribution in [2.24, 2.45) is 0 Å². The lowest BCUT2D eigenvalue weighted by Crippen LogP contribution is -2.27. The topological polar surface area (TPSA) is 33.5 Å². The highest BCUT2D eigenvalue weighted by molar-refractivity contribution is 6.06. The molecule has 8 rings (SSSR count). The highest BCUT2D eigenvalue weighted by Crippen LogP contribution is 2.55. The van der Waals surface area contributed by atoms with Gasteiger partial charge < -0.3 is 9.32 Å². The summed E-state index contributed by atoms with van der Waals surface area (Å²) in [6.45, 7) is 4.65. The Labute approximate surface area is 215 Å². The van der Waals surface area contributed by atoms with E-state index in [2.05, 4.69) is 85.5 Å². The van der Waals surface area contributed by atoms with Crippen LogP contribution < -0.4 is 10.5 Å². The molecular weight excluding hydrogens is 454 g/mol. The van der Waals surface area contributed by atoms with Crippen molar-refractivity contribution in [1.82, 2.24) is 0 Å². The summed E-state index contributed by atoms with van der Waals surface area (Å²) in [5.74, 6) is 0. The predicted octanol–water partition coefficient (Wildman–Crippen LogP) is 8.12. The molecule has 1 atom stereocenters. The molecule has 0 saturated heterocycles. The monoisotopic (exact) mass is 479 g/mol. The van der Waals surface area contributed by atoms with Gasteiger partial charge in [0, 0.05) is 33.1 Å². The first-order chi connectivity index (χ1) is 18.0. The van der Waals surface area contributed by atoms with E-state index in [4.69, 9.17) is 4.42 Å². The Morgan fingerprint density at radius 3 is 2.57 bits per heavy atom. The van der Waals surface area contributed by atoms with E-state index >= 15 is 0 Å². The molecule has 1 aliphatic heterocycles. The first kappa shape index (κ1) is 20.8. The van der Waals surface area contributed by atoms with Gasteiger partial charge in [-0.15, -0.1) is 0 Å². The number of rotatable bonds is 1. The Bertz CT molecular complexity index is 1920. The third-order valence-corrected chi connectivity index (χ3v) is 8.59. The largest absolute Gasteiger partial charge is 0.422 e. The quantitative estimate of drug-likeness (QED) is 0.180. The second-order valence-corrected chi connectivity index (χ2v) is 10.9. The molecule has 5 aromatic rings. The molecule has 0 bridgehead atoms. The van der Waals surface area contributed by atoms with Crippen LogP contribution in [-0.2, 0) is 5.41 Å². The van der Waals surface area contributed by atoms with Gasteiger partial charge >= 0.3 is 5.63 Å². The van der Waals surface area contributed by atoms with E-state index in [9.17, 15) is 4.79 Å². The van der Waals surface area contributed by atoms with Crippen molar-refractivity contribution < 1.29 is 4.42 Å². The first-order valence-electron chi connectivity index (χ1n) is 12.9. The van der Waals surface area contributed by atoms with Crippen molar-refractivity contribution in [3.8, 4) is 11.1 Å². The summed E-state index contributed by atoms with van der Waals surface area (Å²) in [5.41, 5.74) is 10.5. The van der Waals surface area contributed by atoms with Crippen molar-refractivity contribution in [3.63, 3.8) is 0 Å². The van der Waals surface area contributed by atoms with E-state index in [0.29, 0.717) is 11.0 Å². The third kappa shape index (κ3) is 2.69. The van der Waals surface area contributed by atoms with Gasteiger partial charge in [0.2, 0.25) is 0 Å². The van der Waals surface area contributed by atoms with Crippen molar-refractivity contribution >= 4 is 38.7 Å². The first-order valence-corrected chi connectivity index (χ1v) is 12.9. The highest BCUT2D eigenvalue weighted by Gasteiger charge is 2.41. The van der Waals surface area contributed by atoms with Gasteiger partial charge in [-0.05, 0) is 64.6 Å². The summed E-state index contributed by atoms with van der Waals surface area (Å²) in [6.07, 6.45) is 7.60. The zero-order chi connectivity index (χ0) is 24.9. The van der Waals surface area contributed by atoms with Gasteiger partial charge in [-0.3, -0.25) is 0 Å². The molecule has 0 spiro atoms.